The Hall–Kier alpha value is -3.75. The fourth-order valence-electron chi connectivity index (χ4n) is 7.56. The van der Waals surface area contributed by atoms with Crippen molar-refractivity contribution in [3.05, 3.63) is 89.5 Å². The molecule has 4 aliphatic heterocycles. The zero-order chi connectivity index (χ0) is 29.6. The molecule has 2 aromatic rings. The standard InChI is InChI=1S/C34H39N3O5/c1-4-17-35-18-9-15-26-27(31(35)39)28-32(40)37(25(21-38)20-24-13-6-5-7-14-24)30-33(41)36(19-10-16-34(28,30)42-26)29-22(2)11-8-12-23(29)3/h5-16,25-28,30,38H,4,17-21H2,1-3H3/t25-,26+,27-,28+,30?,34+/m1/s1. The van der Waals surface area contributed by atoms with Crippen LogP contribution >= 0.6 is 0 Å². The number of fused-ring (bicyclic) bond motifs is 2. The van der Waals surface area contributed by atoms with Crippen molar-refractivity contribution < 1.29 is 24.2 Å². The molecule has 6 atom stereocenters. The number of hydrogen-bond acceptors (Lipinski definition) is 5. The van der Waals surface area contributed by atoms with Gasteiger partial charge in [0.05, 0.1) is 30.6 Å². The van der Waals surface area contributed by atoms with Crippen LogP contribution in [0.1, 0.15) is 30.0 Å². The summed E-state index contributed by atoms with van der Waals surface area (Å²) >= 11 is 0. The molecule has 4 heterocycles. The van der Waals surface area contributed by atoms with Gasteiger partial charge in [-0.1, -0.05) is 79.8 Å². The first-order valence-corrected chi connectivity index (χ1v) is 15.0. The molecule has 220 valence electrons. The maximum absolute atomic E-state index is 14.8. The molecule has 1 N–H and O–H groups in total. The number of nitrogens with zero attached hydrogens (tertiary/aromatic N) is 3. The van der Waals surface area contributed by atoms with Crippen molar-refractivity contribution in [1.82, 2.24) is 9.80 Å². The highest BCUT2D eigenvalue weighted by Crippen LogP contribution is 2.54. The van der Waals surface area contributed by atoms with Gasteiger partial charge in [0.25, 0.3) is 5.91 Å². The van der Waals surface area contributed by atoms with Crippen LogP contribution in [0.25, 0.3) is 0 Å². The van der Waals surface area contributed by atoms with E-state index in [1.165, 1.54) is 0 Å². The molecule has 2 fully saturated rings. The van der Waals surface area contributed by atoms with Crippen LogP contribution in [0.4, 0.5) is 5.69 Å². The number of carbonyl (C=O) groups is 3. The van der Waals surface area contributed by atoms with Gasteiger partial charge in [0.15, 0.2) is 0 Å². The van der Waals surface area contributed by atoms with Crippen LogP contribution in [0.2, 0.25) is 0 Å². The molecule has 0 aromatic heterocycles. The fraction of sp³-hybridized carbons (Fsp3) is 0.441. The van der Waals surface area contributed by atoms with Crippen molar-refractivity contribution in [2.75, 3.05) is 31.1 Å². The van der Waals surface area contributed by atoms with Gasteiger partial charge >= 0.3 is 0 Å². The normalized spacial score (nSPS) is 29.3. The number of aliphatic hydroxyl groups is 1. The highest BCUT2D eigenvalue weighted by molar-refractivity contribution is 6.06. The Morgan fingerprint density at radius 3 is 2.38 bits per heavy atom. The summed E-state index contributed by atoms with van der Waals surface area (Å²) < 4.78 is 6.79. The van der Waals surface area contributed by atoms with Crippen LogP contribution in [0.3, 0.4) is 0 Å². The van der Waals surface area contributed by atoms with E-state index in [1.807, 2.05) is 93.6 Å². The predicted octanol–water partition coefficient (Wildman–Crippen LogP) is 3.20. The summed E-state index contributed by atoms with van der Waals surface area (Å²) in [4.78, 5) is 48.6. The number of aryl methyl sites for hydroxylation is 2. The second-order valence-electron chi connectivity index (χ2n) is 11.9. The van der Waals surface area contributed by atoms with E-state index in [4.69, 9.17) is 4.74 Å². The average Bonchev–Trinajstić information content (AvgIpc) is 3.31. The highest BCUT2D eigenvalue weighted by Gasteiger charge is 2.72. The summed E-state index contributed by atoms with van der Waals surface area (Å²) in [6, 6.07) is 13.9. The molecule has 1 spiro atoms. The molecule has 42 heavy (non-hydrogen) atoms. The third-order valence-corrected chi connectivity index (χ3v) is 9.30. The van der Waals surface area contributed by atoms with Crippen LogP contribution < -0.4 is 4.90 Å². The number of aliphatic hydroxyl groups excluding tert-OH is 1. The molecule has 8 heteroatoms. The zero-order valence-corrected chi connectivity index (χ0v) is 24.5. The van der Waals surface area contributed by atoms with Crippen molar-refractivity contribution >= 4 is 23.4 Å². The summed E-state index contributed by atoms with van der Waals surface area (Å²) in [5.74, 6) is -2.34. The Morgan fingerprint density at radius 2 is 1.69 bits per heavy atom. The van der Waals surface area contributed by atoms with Gasteiger partial charge in [-0.05, 0) is 43.4 Å². The van der Waals surface area contributed by atoms with Gasteiger partial charge in [-0.3, -0.25) is 14.4 Å². The number of carbonyl (C=O) groups excluding carboxylic acids is 3. The molecule has 0 saturated carbocycles. The quantitative estimate of drug-likeness (QED) is 0.518. The molecule has 0 bridgehead atoms. The first-order valence-electron chi connectivity index (χ1n) is 15.0. The zero-order valence-electron chi connectivity index (χ0n) is 24.5. The minimum atomic E-state index is -1.34. The largest absolute Gasteiger partial charge is 0.394 e. The molecule has 8 nitrogen and oxygen atoms in total. The number of amides is 3. The van der Waals surface area contributed by atoms with Crippen molar-refractivity contribution in [3.8, 4) is 0 Å². The monoisotopic (exact) mass is 569 g/mol. The maximum Gasteiger partial charge on any atom is 0.253 e. The number of ether oxygens (including phenoxy) is 1. The smallest absolute Gasteiger partial charge is 0.253 e. The molecule has 2 aromatic carbocycles. The molecule has 3 amide bonds. The van der Waals surface area contributed by atoms with Gasteiger partial charge in [-0.15, -0.1) is 0 Å². The Labute approximate surface area is 247 Å². The molecule has 1 unspecified atom stereocenters. The maximum atomic E-state index is 14.8. The Morgan fingerprint density at radius 1 is 0.952 bits per heavy atom. The van der Waals surface area contributed by atoms with Gasteiger partial charge in [0.1, 0.15) is 11.6 Å². The number of para-hydroxylation sites is 1. The van der Waals surface area contributed by atoms with Crippen molar-refractivity contribution in [3.63, 3.8) is 0 Å². The number of benzene rings is 2. The van der Waals surface area contributed by atoms with Crippen molar-refractivity contribution in [2.24, 2.45) is 11.8 Å². The second-order valence-corrected chi connectivity index (χ2v) is 11.9. The SMILES string of the molecule is CCCN1CC=C[C@@H]2O[C@]34C=CCN(c5c(C)cccc5C)C(=O)C3N([C@@H](CO)Cc3ccccc3)C(=O)[C@@H]4[C@@H]2C1=O. The first kappa shape index (κ1) is 28.4. The molecular weight excluding hydrogens is 530 g/mol. The summed E-state index contributed by atoms with van der Waals surface area (Å²) in [5.41, 5.74) is 2.32. The van der Waals surface area contributed by atoms with Crippen LogP contribution in [0, 0.1) is 25.7 Å². The lowest BCUT2D eigenvalue weighted by Crippen LogP contribution is -2.58. The second kappa shape index (κ2) is 11.2. The van der Waals surface area contributed by atoms with Crippen molar-refractivity contribution in [2.45, 2.75) is 57.4 Å². The third kappa shape index (κ3) is 4.39. The Kier molecular flexibility index (Phi) is 7.53. The molecule has 6 rings (SSSR count). The van der Waals surface area contributed by atoms with E-state index in [1.54, 1.807) is 14.7 Å². The van der Waals surface area contributed by atoms with E-state index in [2.05, 4.69) is 0 Å². The summed E-state index contributed by atoms with van der Waals surface area (Å²) in [6.45, 7) is 7.00. The van der Waals surface area contributed by atoms with E-state index in [-0.39, 0.29) is 24.3 Å². The van der Waals surface area contributed by atoms with E-state index >= 15 is 0 Å². The molecule has 0 radical (unpaired) electrons. The predicted molar refractivity (Wildman–Crippen MR) is 160 cm³/mol. The topological polar surface area (TPSA) is 90.4 Å². The fourth-order valence-corrected chi connectivity index (χ4v) is 7.56. The van der Waals surface area contributed by atoms with Gasteiger partial charge < -0.3 is 24.5 Å². The van der Waals surface area contributed by atoms with E-state index in [0.717, 1.165) is 28.8 Å². The summed E-state index contributed by atoms with van der Waals surface area (Å²) in [7, 11) is 0. The highest BCUT2D eigenvalue weighted by atomic mass is 16.5. The lowest BCUT2D eigenvalue weighted by Gasteiger charge is -2.39. The number of likely N-dealkylation sites (tertiary alicyclic amines) is 1. The summed E-state index contributed by atoms with van der Waals surface area (Å²) in [6.07, 6.45) is 8.13. The molecule has 4 aliphatic rings. The summed E-state index contributed by atoms with van der Waals surface area (Å²) in [5, 5.41) is 10.7. The minimum Gasteiger partial charge on any atom is -0.394 e. The molecular formula is C34H39N3O5. The Bertz CT molecular complexity index is 1420. The molecule has 0 aliphatic carbocycles. The van der Waals surface area contributed by atoms with Crippen molar-refractivity contribution in [1.29, 1.82) is 0 Å². The van der Waals surface area contributed by atoms with Crippen LogP contribution in [0.5, 0.6) is 0 Å². The van der Waals surface area contributed by atoms with Crippen LogP contribution in [0.15, 0.2) is 72.8 Å². The number of anilines is 1. The van der Waals surface area contributed by atoms with Crippen LogP contribution in [-0.2, 0) is 25.5 Å². The van der Waals surface area contributed by atoms with Gasteiger partial charge in [0.2, 0.25) is 11.8 Å². The van der Waals surface area contributed by atoms with Gasteiger partial charge in [-0.2, -0.15) is 0 Å². The third-order valence-electron chi connectivity index (χ3n) is 9.30. The molecule has 2 saturated heterocycles. The van der Waals surface area contributed by atoms with E-state index in [9.17, 15) is 19.5 Å². The van der Waals surface area contributed by atoms with E-state index < -0.39 is 35.6 Å². The van der Waals surface area contributed by atoms with Crippen LogP contribution in [-0.4, -0.2) is 82.7 Å². The lowest BCUT2D eigenvalue weighted by molar-refractivity contribution is -0.146. The minimum absolute atomic E-state index is 0.122. The first-order chi connectivity index (χ1) is 20.3. The average molecular weight is 570 g/mol. The van der Waals surface area contributed by atoms with E-state index in [0.29, 0.717) is 26.1 Å². The van der Waals surface area contributed by atoms with Gasteiger partial charge in [0, 0.05) is 25.3 Å². The number of rotatable bonds is 7. The van der Waals surface area contributed by atoms with Gasteiger partial charge in [-0.25, -0.2) is 0 Å². The lowest BCUT2D eigenvalue weighted by atomic mass is 9.77. The number of hydrogen-bond donors (Lipinski definition) is 1. The Balaban J connectivity index is 1.49.